The highest BCUT2D eigenvalue weighted by Gasteiger charge is 2.33. The van der Waals surface area contributed by atoms with Crippen molar-refractivity contribution in [3.05, 3.63) is 88.4 Å². The second kappa shape index (κ2) is 13.9. The van der Waals surface area contributed by atoms with E-state index >= 15 is 0 Å². The van der Waals surface area contributed by atoms with Crippen LogP contribution in [0.5, 0.6) is 5.75 Å². The van der Waals surface area contributed by atoms with Gasteiger partial charge in [-0.25, -0.2) is 8.42 Å². The lowest BCUT2D eigenvalue weighted by atomic mass is 10.1. The minimum atomic E-state index is -4.18. The SMILES string of the molecule is CC[C@@H](C)NC(=O)[C@@H](C)N(Cc1cccc(OC)c1)C(=O)CN(c1cccc(Cl)c1C)S(=O)(=O)c1ccc(C)cc1. The van der Waals surface area contributed by atoms with Crippen LogP contribution in [0.1, 0.15) is 43.9 Å². The van der Waals surface area contributed by atoms with Crippen LogP contribution < -0.4 is 14.4 Å². The van der Waals surface area contributed by atoms with E-state index < -0.39 is 28.5 Å². The summed E-state index contributed by atoms with van der Waals surface area (Å²) >= 11 is 6.38. The Hall–Kier alpha value is -3.56. The molecule has 220 valence electrons. The summed E-state index contributed by atoms with van der Waals surface area (Å²) in [6.45, 7) is 8.57. The summed E-state index contributed by atoms with van der Waals surface area (Å²) in [7, 11) is -2.64. The van der Waals surface area contributed by atoms with Crippen molar-refractivity contribution in [2.75, 3.05) is 18.0 Å². The van der Waals surface area contributed by atoms with E-state index in [-0.39, 0.29) is 29.1 Å². The normalized spacial score (nSPS) is 12.8. The summed E-state index contributed by atoms with van der Waals surface area (Å²) < 4.78 is 34.4. The second-order valence-corrected chi connectivity index (χ2v) is 12.3. The number of hydrogen-bond acceptors (Lipinski definition) is 5. The van der Waals surface area contributed by atoms with Crippen LogP contribution in [-0.4, -0.2) is 50.9 Å². The summed E-state index contributed by atoms with van der Waals surface area (Å²) in [4.78, 5) is 28.7. The van der Waals surface area contributed by atoms with Crippen LogP contribution in [0, 0.1) is 13.8 Å². The summed E-state index contributed by atoms with van der Waals surface area (Å²) in [5.41, 5.74) is 2.42. The number of carbonyl (C=O) groups is 2. The minimum absolute atomic E-state index is 0.0391. The fourth-order valence-electron chi connectivity index (χ4n) is 4.23. The maximum Gasteiger partial charge on any atom is 0.264 e. The molecule has 3 aromatic rings. The summed E-state index contributed by atoms with van der Waals surface area (Å²) in [5.74, 6) is -0.276. The van der Waals surface area contributed by atoms with E-state index in [1.54, 1.807) is 69.5 Å². The smallest absolute Gasteiger partial charge is 0.264 e. The Bertz CT molecular complexity index is 1480. The van der Waals surface area contributed by atoms with Gasteiger partial charge in [-0.05, 0) is 81.6 Å². The van der Waals surface area contributed by atoms with Crippen molar-refractivity contribution in [2.45, 2.75) is 64.6 Å². The molecule has 41 heavy (non-hydrogen) atoms. The quantitative estimate of drug-likeness (QED) is 0.297. The lowest BCUT2D eigenvalue weighted by Crippen LogP contribution is -2.52. The lowest BCUT2D eigenvalue weighted by Gasteiger charge is -2.33. The van der Waals surface area contributed by atoms with E-state index in [1.165, 1.54) is 17.0 Å². The molecule has 1 N–H and O–H groups in total. The number of ether oxygens (including phenoxy) is 1. The van der Waals surface area contributed by atoms with Crippen molar-refractivity contribution < 1.29 is 22.7 Å². The number of methoxy groups -OCH3 is 1. The molecule has 0 radical (unpaired) electrons. The van der Waals surface area contributed by atoms with Crippen LogP contribution in [-0.2, 0) is 26.2 Å². The zero-order valence-electron chi connectivity index (χ0n) is 24.3. The molecule has 3 rings (SSSR count). The highest BCUT2D eigenvalue weighted by molar-refractivity contribution is 7.92. The van der Waals surface area contributed by atoms with Crippen LogP contribution in [0.15, 0.2) is 71.6 Å². The van der Waals surface area contributed by atoms with Crippen LogP contribution in [0.3, 0.4) is 0 Å². The number of nitrogens with zero attached hydrogens (tertiary/aromatic N) is 2. The van der Waals surface area contributed by atoms with E-state index in [0.29, 0.717) is 16.3 Å². The van der Waals surface area contributed by atoms with E-state index in [9.17, 15) is 18.0 Å². The molecule has 2 amide bonds. The van der Waals surface area contributed by atoms with E-state index in [0.717, 1.165) is 21.9 Å². The first-order valence-electron chi connectivity index (χ1n) is 13.5. The number of sulfonamides is 1. The number of nitrogens with one attached hydrogen (secondary N) is 1. The van der Waals surface area contributed by atoms with Gasteiger partial charge in [0.15, 0.2) is 0 Å². The number of halogens is 1. The summed E-state index contributed by atoms with van der Waals surface area (Å²) in [5, 5.41) is 3.30. The monoisotopic (exact) mass is 599 g/mol. The number of amides is 2. The second-order valence-electron chi connectivity index (χ2n) is 10.1. The third-order valence-electron chi connectivity index (χ3n) is 7.05. The van der Waals surface area contributed by atoms with Crippen molar-refractivity contribution >= 4 is 39.1 Å². The number of hydrogen-bond donors (Lipinski definition) is 1. The Labute approximate surface area is 248 Å². The standard InChI is InChI=1S/C31H38ClN3O5S/c1-7-22(3)33-31(37)24(5)34(19-25-10-8-11-26(18-25)40-6)30(36)20-35(29-13-9-12-28(32)23(29)4)41(38,39)27-16-14-21(2)15-17-27/h8-18,22,24H,7,19-20H2,1-6H3,(H,33,37)/t22-,24-/m1/s1. The van der Waals surface area contributed by atoms with Gasteiger partial charge in [0.1, 0.15) is 18.3 Å². The van der Waals surface area contributed by atoms with Gasteiger partial charge in [-0.2, -0.15) is 0 Å². The van der Waals surface area contributed by atoms with Crippen LogP contribution >= 0.6 is 11.6 Å². The van der Waals surface area contributed by atoms with Crippen molar-refractivity contribution in [2.24, 2.45) is 0 Å². The van der Waals surface area contributed by atoms with Crippen molar-refractivity contribution in [1.82, 2.24) is 10.2 Å². The Kier molecular flexibility index (Phi) is 10.8. The third-order valence-corrected chi connectivity index (χ3v) is 9.23. The number of benzene rings is 3. The Morgan fingerprint density at radius 3 is 2.29 bits per heavy atom. The fourth-order valence-corrected chi connectivity index (χ4v) is 5.87. The molecule has 0 unspecified atom stereocenters. The number of carbonyl (C=O) groups excluding carboxylic acids is 2. The Balaban J connectivity index is 2.08. The van der Waals surface area contributed by atoms with Gasteiger partial charge in [-0.3, -0.25) is 13.9 Å². The zero-order chi connectivity index (χ0) is 30.3. The van der Waals surface area contributed by atoms with Gasteiger partial charge in [0, 0.05) is 17.6 Å². The number of anilines is 1. The summed E-state index contributed by atoms with van der Waals surface area (Å²) in [6.07, 6.45) is 0.721. The van der Waals surface area contributed by atoms with Gasteiger partial charge >= 0.3 is 0 Å². The highest BCUT2D eigenvalue weighted by Crippen LogP contribution is 2.31. The Morgan fingerprint density at radius 2 is 1.66 bits per heavy atom. The summed E-state index contributed by atoms with van der Waals surface area (Å²) in [6, 6.07) is 17.6. The maximum absolute atomic E-state index is 14.1. The largest absolute Gasteiger partial charge is 0.497 e. The van der Waals surface area contributed by atoms with Crippen molar-refractivity contribution in [3.8, 4) is 5.75 Å². The van der Waals surface area contributed by atoms with Crippen molar-refractivity contribution in [3.63, 3.8) is 0 Å². The molecule has 0 aliphatic heterocycles. The molecule has 0 aromatic heterocycles. The zero-order valence-corrected chi connectivity index (χ0v) is 25.9. The molecular weight excluding hydrogens is 562 g/mol. The maximum atomic E-state index is 14.1. The van der Waals surface area contributed by atoms with Crippen LogP contribution in [0.25, 0.3) is 0 Å². The average molecular weight is 600 g/mol. The minimum Gasteiger partial charge on any atom is -0.497 e. The molecule has 0 aliphatic rings. The molecule has 0 spiro atoms. The first-order valence-corrected chi connectivity index (χ1v) is 15.3. The van der Waals surface area contributed by atoms with Crippen molar-refractivity contribution in [1.29, 1.82) is 0 Å². The first-order chi connectivity index (χ1) is 19.4. The predicted octanol–water partition coefficient (Wildman–Crippen LogP) is 5.49. The van der Waals surface area contributed by atoms with Gasteiger partial charge in [0.25, 0.3) is 10.0 Å². The predicted molar refractivity (Wildman–Crippen MR) is 163 cm³/mol. The molecule has 3 aromatic carbocycles. The fraction of sp³-hybridized carbons (Fsp3) is 0.355. The topological polar surface area (TPSA) is 96.0 Å². The van der Waals surface area contributed by atoms with E-state index in [4.69, 9.17) is 16.3 Å². The first kappa shape index (κ1) is 32.0. The average Bonchev–Trinajstić information content (AvgIpc) is 2.95. The Morgan fingerprint density at radius 1 is 1.00 bits per heavy atom. The molecule has 0 aliphatic carbocycles. The molecule has 0 saturated carbocycles. The van der Waals surface area contributed by atoms with E-state index in [1.807, 2.05) is 26.8 Å². The highest BCUT2D eigenvalue weighted by atomic mass is 35.5. The molecule has 10 heteroatoms. The van der Waals surface area contributed by atoms with Crippen LogP contribution in [0.2, 0.25) is 5.02 Å². The van der Waals surface area contributed by atoms with Crippen LogP contribution in [0.4, 0.5) is 5.69 Å². The molecule has 0 heterocycles. The lowest BCUT2D eigenvalue weighted by molar-refractivity contribution is -0.139. The number of rotatable bonds is 12. The van der Waals surface area contributed by atoms with Gasteiger partial charge in [-0.1, -0.05) is 54.4 Å². The molecule has 0 fully saturated rings. The number of aryl methyl sites for hydroxylation is 1. The molecule has 8 nitrogen and oxygen atoms in total. The molecule has 0 saturated heterocycles. The van der Waals surface area contributed by atoms with Gasteiger partial charge < -0.3 is 15.0 Å². The molecule has 2 atom stereocenters. The third kappa shape index (κ3) is 7.80. The van der Waals surface area contributed by atoms with Gasteiger partial charge in [0.2, 0.25) is 11.8 Å². The van der Waals surface area contributed by atoms with Gasteiger partial charge in [-0.15, -0.1) is 0 Å². The molecular formula is C31H38ClN3O5S. The molecule has 0 bridgehead atoms. The van der Waals surface area contributed by atoms with E-state index in [2.05, 4.69) is 5.32 Å². The van der Waals surface area contributed by atoms with Gasteiger partial charge in [0.05, 0.1) is 17.7 Å².